The molecule has 3 heterocycles. The number of nitrogens with one attached hydrogen (secondary N) is 4. The number of fused-ring (bicyclic) bond motifs is 1. The highest BCUT2D eigenvalue weighted by atomic mass is 15.2. The van der Waals surface area contributed by atoms with Gasteiger partial charge in [0.1, 0.15) is 5.82 Å². The van der Waals surface area contributed by atoms with Crippen LogP contribution in [-0.4, -0.2) is 30.4 Å². The summed E-state index contributed by atoms with van der Waals surface area (Å²) in [6.07, 6.45) is 6.05. The van der Waals surface area contributed by atoms with E-state index < -0.39 is 0 Å². The Balaban J connectivity index is 1.29. The molecular formula is C18H18N8. The molecule has 0 bridgehead atoms. The van der Waals surface area contributed by atoms with Crippen LogP contribution in [-0.2, 0) is 6.54 Å². The third kappa shape index (κ3) is 2.97. The van der Waals surface area contributed by atoms with Gasteiger partial charge in [0.05, 0.1) is 11.7 Å². The first kappa shape index (κ1) is 14.9. The van der Waals surface area contributed by atoms with Crippen molar-refractivity contribution < 1.29 is 0 Å². The molecule has 1 saturated carbocycles. The predicted octanol–water partition coefficient (Wildman–Crippen LogP) is 3.31. The van der Waals surface area contributed by atoms with Crippen molar-refractivity contribution in [2.45, 2.75) is 25.3 Å². The van der Waals surface area contributed by atoms with E-state index >= 15 is 0 Å². The zero-order valence-electron chi connectivity index (χ0n) is 14.0. The van der Waals surface area contributed by atoms with Gasteiger partial charge in [-0.25, -0.2) is 4.98 Å². The Labute approximate surface area is 149 Å². The molecule has 0 saturated heterocycles. The van der Waals surface area contributed by atoms with E-state index in [1.807, 2.05) is 30.5 Å². The molecule has 4 N–H and O–H groups in total. The normalized spacial score (nSPS) is 13.8. The van der Waals surface area contributed by atoms with E-state index in [9.17, 15) is 0 Å². The number of H-pyrrole nitrogens is 2. The molecule has 130 valence electrons. The van der Waals surface area contributed by atoms with Crippen LogP contribution >= 0.6 is 0 Å². The summed E-state index contributed by atoms with van der Waals surface area (Å²) < 4.78 is 0. The molecule has 4 aromatic rings. The van der Waals surface area contributed by atoms with E-state index in [0.29, 0.717) is 24.2 Å². The second kappa shape index (κ2) is 6.14. The predicted molar refractivity (Wildman–Crippen MR) is 99.3 cm³/mol. The van der Waals surface area contributed by atoms with Gasteiger partial charge in [-0.3, -0.25) is 10.2 Å². The van der Waals surface area contributed by atoms with Crippen molar-refractivity contribution in [3.8, 4) is 0 Å². The van der Waals surface area contributed by atoms with E-state index in [-0.39, 0.29) is 0 Å². The molecule has 0 amide bonds. The largest absolute Gasteiger partial charge is 0.350 e. The van der Waals surface area contributed by atoms with Gasteiger partial charge in [0.15, 0.2) is 5.82 Å². The standard InChI is InChI=1S/C18H18N8/c1-2-12(13-10-21-24-14(13)3-1)9-20-18-19-7-6-16(23-18)22-17-8-15(25-26-17)11-4-5-11/h1-3,6-8,10-11H,4-5,9H2,(H,21,24)(H3,19,20,22,23,25,26). The molecule has 0 aliphatic heterocycles. The summed E-state index contributed by atoms with van der Waals surface area (Å²) in [6, 6.07) is 9.95. The highest BCUT2D eigenvalue weighted by Crippen LogP contribution is 2.39. The van der Waals surface area contributed by atoms with E-state index in [1.54, 1.807) is 6.20 Å². The number of hydrogen-bond acceptors (Lipinski definition) is 6. The SMILES string of the molecule is c1cc(CNc2nccc(Nc3cc(C4CC4)[nH]n3)n2)c2cn[nH]c2c1. The van der Waals surface area contributed by atoms with Gasteiger partial charge in [0.25, 0.3) is 0 Å². The molecule has 3 aromatic heterocycles. The summed E-state index contributed by atoms with van der Waals surface area (Å²) in [4.78, 5) is 8.80. The lowest BCUT2D eigenvalue weighted by Crippen LogP contribution is -2.05. The third-order valence-corrected chi connectivity index (χ3v) is 4.54. The highest BCUT2D eigenvalue weighted by Gasteiger charge is 2.25. The van der Waals surface area contributed by atoms with Crippen LogP contribution in [0, 0.1) is 0 Å². The molecular weight excluding hydrogens is 328 g/mol. The summed E-state index contributed by atoms with van der Waals surface area (Å²) in [6.45, 7) is 0.620. The lowest BCUT2D eigenvalue weighted by atomic mass is 10.1. The van der Waals surface area contributed by atoms with Crippen LogP contribution in [0.4, 0.5) is 17.6 Å². The van der Waals surface area contributed by atoms with Crippen LogP contribution in [0.2, 0.25) is 0 Å². The second-order valence-corrected chi connectivity index (χ2v) is 6.48. The molecule has 0 radical (unpaired) electrons. The van der Waals surface area contributed by atoms with Gasteiger partial charge in [0, 0.05) is 35.8 Å². The Morgan fingerprint density at radius 3 is 3.00 bits per heavy atom. The van der Waals surface area contributed by atoms with Gasteiger partial charge in [-0.1, -0.05) is 12.1 Å². The van der Waals surface area contributed by atoms with Gasteiger partial charge in [-0.05, 0) is 30.5 Å². The van der Waals surface area contributed by atoms with Gasteiger partial charge in [-0.15, -0.1) is 0 Å². The highest BCUT2D eigenvalue weighted by molar-refractivity contribution is 5.81. The number of aromatic nitrogens is 6. The van der Waals surface area contributed by atoms with Crippen molar-refractivity contribution in [2.75, 3.05) is 10.6 Å². The molecule has 0 spiro atoms. The molecule has 8 nitrogen and oxygen atoms in total. The first-order chi connectivity index (χ1) is 12.8. The molecule has 8 heteroatoms. The lowest BCUT2D eigenvalue weighted by molar-refractivity contribution is 0.966. The molecule has 1 fully saturated rings. The van der Waals surface area contributed by atoms with E-state index in [4.69, 9.17) is 0 Å². The summed E-state index contributed by atoms with van der Waals surface area (Å²) in [5.41, 5.74) is 3.35. The summed E-state index contributed by atoms with van der Waals surface area (Å²) in [5.74, 6) is 2.69. The first-order valence-corrected chi connectivity index (χ1v) is 8.65. The smallest absolute Gasteiger partial charge is 0.224 e. The van der Waals surface area contributed by atoms with Crippen molar-refractivity contribution in [1.29, 1.82) is 0 Å². The van der Waals surface area contributed by atoms with E-state index in [2.05, 4.69) is 47.1 Å². The lowest BCUT2D eigenvalue weighted by Gasteiger charge is -2.07. The molecule has 0 unspecified atom stereocenters. The Kier molecular flexibility index (Phi) is 3.52. The number of benzene rings is 1. The van der Waals surface area contributed by atoms with Gasteiger partial charge in [-0.2, -0.15) is 15.2 Å². The Bertz CT molecular complexity index is 1050. The average Bonchev–Trinajstić information content (AvgIpc) is 3.21. The topological polar surface area (TPSA) is 107 Å². The maximum absolute atomic E-state index is 4.51. The molecule has 1 aliphatic carbocycles. The minimum absolute atomic E-state index is 0.563. The third-order valence-electron chi connectivity index (χ3n) is 4.54. The fraction of sp³-hybridized carbons (Fsp3) is 0.222. The van der Waals surface area contributed by atoms with Gasteiger partial charge in [0.2, 0.25) is 5.95 Å². The van der Waals surface area contributed by atoms with Crippen LogP contribution in [0.3, 0.4) is 0 Å². The fourth-order valence-electron chi connectivity index (χ4n) is 3.01. The Morgan fingerprint density at radius 2 is 2.08 bits per heavy atom. The Hall–Kier alpha value is -3.42. The van der Waals surface area contributed by atoms with Gasteiger partial charge >= 0.3 is 0 Å². The molecule has 5 rings (SSSR count). The number of aromatic amines is 2. The maximum Gasteiger partial charge on any atom is 0.224 e. The fourth-order valence-corrected chi connectivity index (χ4v) is 3.01. The number of rotatable bonds is 6. The van der Waals surface area contributed by atoms with Crippen LogP contribution in [0.15, 0.2) is 42.7 Å². The minimum Gasteiger partial charge on any atom is -0.350 e. The van der Waals surface area contributed by atoms with E-state index in [1.165, 1.54) is 18.5 Å². The van der Waals surface area contributed by atoms with Crippen molar-refractivity contribution in [3.63, 3.8) is 0 Å². The molecule has 1 aromatic carbocycles. The van der Waals surface area contributed by atoms with Crippen molar-refractivity contribution >= 4 is 28.5 Å². The van der Waals surface area contributed by atoms with Gasteiger partial charge < -0.3 is 10.6 Å². The van der Waals surface area contributed by atoms with Crippen LogP contribution in [0.5, 0.6) is 0 Å². The molecule has 0 atom stereocenters. The van der Waals surface area contributed by atoms with Crippen LogP contribution < -0.4 is 10.6 Å². The van der Waals surface area contributed by atoms with Crippen molar-refractivity contribution in [2.24, 2.45) is 0 Å². The summed E-state index contributed by atoms with van der Waals surface area (Å²) >= 11 is 0. The zero-order valence-corrected chi connectivity index (χ0v) is 14.0. The van der Waals surface area contributed by atoms with Crippen molar-refractivity contribution in [3.05, 3.63) is 54.0 Å². The quantitative estimate of drug-likeness (QED) is 0.427. The Morgan fingerprint density at radius 1 is 1.12 bits per heavy atom. The summed E-state index contributed by atoms with van der Waals surface area (Å²) in [5, 5.41) is 22.0. The minimum atomic E-state index is 0.563. The molecule has 26 heavy (non-hydrogen) atoms. The number of anilines is 3. The monoisotopic (exact) mass is 346 g/mol. The maximum atomic E-state index is 4.51. The van der Waals surface area contributed by atoms with Crippen LogP contribution in [0.25, 0.3) is 10.9 Å². The number of hydrogen-bond donors (Lipinski definition) is 4. The number of nitrogens with zero attached hydrogens (tertiary/aromatic N) is 4. The summed E-state index contributed by atoms with van der Waals surface area (Å²) in [7, 11) is 0. The second-order valence-electron chi connectivity index (χ2n) is 6.48. The first-order valence-electron chi connectivity index (χ1n) is 8.65. The average molecular weight is 346 g/mol. The van der Waals surface area contributed by atoms with Crippen molar-refractivity contribution in [1.82, 2.24) is 30.4 Å². The van der Waals surface area contributed by atoms with E-state index in [0.717, 1.165) is 22.3 Å². The molecule has 1 aliphatic rings. The van der Waals surface area contributed by atoms with Crippen LogP contribution in [0.1, 0.15) is 30.0 Å². The zero-order chi connectivity index (χ0) is 17.3.